The smallest absolute Gasteiger partial charge is 0.332 e. The first-order valence-corrected chi connectivity index (χ1v) is 14.3. The fourth-order valence-electron chi connectivity index (χ4n) is 2.88. The highest BCUT2D eigenvalue weighted by Crippen LogP contribution is 2.16. The van der Waals surface area contributed by atoms with Crippen LogP contribution in [0.1, 0.15) is 68.1 Å². The van der Waals surface area contributed by atoms with Crippen LogP contribution in [0.25, 0.3) is 0 Å². The van der Waals surface area contributed by atoms with Gasteiger partial charge in [0.2, 0.25) is 0 Å². The summed E-state index contributed by atoms with van der Waals surface area (Å²) in [5.41, 5.74) is 2.44. The van der Waals surface area contributed by atoms with Crippen molar-refractivity contribution in [3.05, 3.63) is 40.9 Å². The second-order valence-electron chi connectivity index (χ2n) is 8.36. The summed E-state index contributed by atoms with van der Waals surface area (Å²) in [6.45, 7) is 6.57. The summed E-state index contributed by atoms with van der Waals surface area (Å²) in [6, 6.07) is 5.36. The van der Waals surface area contributed by atoms with E-state index in [0.29, 0.717) is 17.9 Å². The zero-order valence-corrected chi connectivity index (χ0v) is 19.8. The largest absolute Gasteiger partial charge is 0.341 e. The molecule has 0 unspecified atom stereocenters. The van der Waals surface area contributed by atoms with Crippen molar-refractivity contribution in [1.29, 1.82) is 0 Å². The first-order valence-electron chi connectivity index (χ1n) is 10.4. The number of hydroxylamine groups is 1. The molecule has 8 heteroatoms. The molecule has 1 N–H and O–H groups in total. The topological polar surface area (TPSA) is 55.4 Å². The minimum absolute atomic E-state index is 0.225. The van der Waals surface area contributed by atoms with Crippen molar-refractivity contribution in [3.63, 3.8) is 0 Å². The molecule has 1 aromatic rings. The summed E-state index contributed by atoms with van der Waals surface area (Å²) in [7, 11) is -1.53. The summed E-state index contributed by atoms with van der Waals surface area (Å²) < 4.78 is 23.7. The Morgan fingerprint density at radius 2 is 1.63 bits per heavy atom. The predicted molar refractivity (Wildman–Crippen MR) is 120 cm³/mol. The predicted octanol–water partition coefficient (Wildman–Crippen LogP) is 6.36. The van der Waals surface area contributed by atoms with E-state index in [-0.39, 0.29) is 12.0 Å². The second kappa shape index (κ2) is 13.5. The maximum absolute atomic E-state index is 12.2. The molecule has 0 heterocycles. The summed E-state index contributed by atoms with van der Waals surface area (Å²) in [5.74, 6) is -1.03. The van der Waals surface area contributed by atoms with Crippen molar-refractivity contribution >= 4 is 36.7 Å². The first kappa shape index (κ1) is 26.3. The van der Waals surface area contributed by atoms with Gasteiger partial charge in [-0.2, -0.15) is 14.3 Å². The molecule has 4 nitrogen and oxygen atoms in total. The Labute approximate surface area is 184 Å². The number of unbranched alkanes of at least 4 members (excludes halogenated alkanes) is 7. The quantitative estimate of drug-likeness (QED) is 0.224. The Kier molecular flexibility index (Phi) is 11.9. The van der Waals surface area contributed by atoms with Gasteiger partial charge in [-0.3, -0.25) is 4.79 Å². The van der Waals surface area contributed by atoms with Crippen LogP contribution in [0.3, 0.4) is 0 Å². The van der Waals surface area contributed by atoms with E-state index in [1.807, 2.05) is 6.07 Å². The van der Waals surface area contributed by atoms with Gasteiger partial charge in [0.15, 0.2) is 0 Å². The van der Waals surface area contributed by atoms with Gasteiger partial charge in [0.25, 0.3) is 12.0 Å². The normalized spacial score (nSPS) is 11.1. The standard InChI is InChI=1S/C22H32ClF2NO3Si/c1-30(2,3)17-14-15-18(19(23)16-17)22(28)26-29-21(27)13-11-9-7-5-4-6-8-10-12-20(24)25/h12,14-16H,4-11,13H2,1-3H3,(H,26,28). The van der Waals surface area contributed by atoms with Gasteiger partial charge >= 0.3 is 5.97 Å². The third-order valence-electron chi connectivity index (χ3n) is 4.72. The first-order chi connectivity index (χ1) is 14.1. The van der Waals surface area contributed by atoms with E-state index < -0.39 is 26.0 Å². The molecule has 1 aromatic carbocycles. The second-order valence-corrected chi connectivity index (χ2v) is 13.8. The van der Waals surface area contributed by atoms with Crippen LogP contribution in [0, 0.1) is 0 Å². The average molecular weight is 460 g/mol. The van der Waals surface area contributed by atoms with Gasteiger partial charge in [-0.25, -0.2) is 4.79 Å². The van der Waals surface area contributed by atoms with Gasteiger partial charge < -0.3 is 4.84 Å². The molecule has 0 saturated carbocycles. The van der Waals surface area contributed by atoms with Gasteiger partial charge in [0.1, 0.15) is 0 Å². The van der Waals surface area contributed by atoms with Crippen molar-refractivity contribution < 1.29 is 23.2 Å². The molecule has 1 amide bonds. The zero-order chi connectivity index (χ0) is 22.6. The minimum Gasteiger partial charge on any atom is -0.341 e. The number of nitrogens with one attached hydrogen (secondary N) is 1. The SMILES string of the molecule is C[Si](C)(C)c1ccc(C(=O)NOC(=O)CCCCCCCCCC=C(F)F)c(Cl)c1. The highest BCUT2D eigenvalue weighted by molar-refractivity contribution is 6.88. The Balaban J connectivity index is 2.18. The number of hydrogen-bond donors (Lipinski definition) is 1. The highest BCUT2D eigenvalue weighted by atomic mass is 35.5. The fraction of sp³-hybridized carbons (Fsp3) is 0.545. The molecule has 0 aromatic heterocycles. The molecule has 0 aliphatic rings. The van der Waals surface area contributed by atoms with Crippen LogP contribution in [0.5, 0.6) is 0 Å². The van der Waals surface area contributed by atoms with Crippen LogP contribution in [0.15, 0.2) is 30.4 Å². The molecule has 0 radical (unpaired) electrons. The minimum atomic E-state index is -1.61. The molecule has 168 valence electrons. The van der Waals surface area contributed by atoms with Gasteiger partial charge in [0.05, 0.1) is 18.7 Å². The van der Waals surface area contributed by atoms with Crippen LogP contribution in [-0.4, -0.2) is 20.0 Å². The molecule has 1 rings (SSSR count). The lowest BCUT2D eigenvalue weighted by Gasteiger charge is -2.17. The van der Waals surface area contributed by atoms with Crippen molar-refractivity contribution in [1.82, 2.24) is 5.48 Å². The van der Waals surface area contributed by atoms with Crippen LogP contribution >= 0.6 is 11.6 Å². The average Bonchev–Trinajstić information content (AvgIpc) is 2.66. The Bertz CT molecular complexity index is 732. The lowest BCUT2D eigenvalue weighted by molar-refractivity contribution is -0.149. The van der Waals surface area contributed by atoms with Crippen LogP contribution < -0.4 is 10.7 Å². The van der Waals surface area contributed by atoms with Crippen LogP contribution in [0.2, 0.25) is 24.7 Å². The summed E-state index contributed by atoms with van der Waals surface area (Å²) in [5, 5.41) is 1.49. The molecule has 0 bridgehead atoms. The Morgan fingerprint density at radius 1 is 1.03 bits per heavy atom. The Hall–Kier alpha value is -1.73. The summed E-state index contributed by atoms with van der Waals surface area (Å²) in [4.78, 5) is 28.8. The van der Waals surface area contributed by atoms with E-state index in [9.17, 15) is 18.4 Å². The van der Waals surface area contributed by atoms with Crippen molar-refractivity contribution in [2.45, 2.75) is 77.4 Å². The molecule has 0 aliphatic heterocycles. The van der Waals surface area contributed by atoms with E-state index >= 15 is 0 Å². The molecule has 30 heavy (non-hydrogen) atoms. The maximum atomic E-state index is 12.2. The number of carbonyl (C=O) groups excluding carboxylic acids is 2. The lowest BCUT2D eigenvalue weighted by atomic mass is 10.1. The molecule has 0 fully saturated rings. The van der Waals surface area contributed by atoms with Crippen molar-refractivity contribution in [3.8, 4) is 0 Å². The van der Waals surface area contributed by atoms with Gasteiger partial charge in [-0.1, -0.05) is 74.6 Å². The van der Waals surface area contributed by atoms with E-state index in [1.54, 1.807) is 12.1 Å². The molecule has 0 atom stereocenters. The van der Waals surface area contributed by atoms with E-state index in [1.165, 1.54) is 0 Å². The number of halogens is 3. The number of benzene rings is 1. The summed E-state index contributed by atoms with van der Waals surface area (Å²) in [6.07, 6.45) is 6.25. The fourth-order valence-corrected chi connectivity index (χ4v) is 4.40. The molecule has 0 saturated heterocycles. The number of amides is 1. The van der Waals surface area contributed by atoms with Gasteiger partial charge in [-0.05, 0) is 37.5 Å². The van der Waals surface area contributed by atoms with E-state index in [4.69, 9.17) is 16.4 Å². The number of allylic oxidation sites excluding steroid dienone is 1. The monoisotopic (exact) mass is 459 g/mol. The third-order valence-corrected chi connectivity index (χ3v) is 7.08. The lowest BCUT2D eigenvalue weighted by Crippen LogP contribution is -2.38. The van der Waals surface area contributed by atoms with Gasteiger partial charge in [0, 0.05) is 6.42 Å². The third kappa shape index (κ3) is 10.9. The number of rotatable bonds is 12. The van der Waals surface area contributed by atoms with Crippen LogP contribution in [0.4, 0.5) is 8.78 Å². The number of hydrogen-bond acceptors (Lipinski definition) is 3. The number of carbonyl (C=O) groups is 2. The van der Waals surface area contributed by atoms with Gasteiger partial charge in [-0.15, -0.1) is 0 Å². The molecular weight excluding hydrogens is 428 g/mol. The maximum Gasteiger partial charge on any atom is 0.332 e. The van der Waals surface area contributed by atoms with Crippen molar-refractivity contribution in [2.24, 2.45) is 0 Å². The molecule has 0 spiro atoms. The van der Waals surface area contributed by atoms with E-state index in [0.717, 1.165) is 49.8 Å². The molecular formula is C22H32ClF2NO3Si. The summed E-state index contributed by atoms with van der Waals surface area (Å²) >= 11 is 6.22. The zero-order valence-electron chi connectivity index (χ0n) is 18.0. The Morgan fingerprint density at radius 3 is 2.20 bits per heavy atom. The van der Waals surface area contributed by atoms with E-state index in [2.05, 4.69) is 25.1 Å². The highest BCUT2D eigenvalue weighted by Gasteiger charge is 2.19. The van der Waals surface area contributed by atoms with Crippen LogP contribution in [-0.2, 0) is 9.63 Å². The van der Waals surface area contributed by atoms with Crippen molar-refractivity contribution in [2.75, 3.05) is 0 Å². The molecule has 0 aliphatic carbocycles.